The number of aliphatic hydroxyl groups is 2. The molecule has 3 unspecified atom stereocenters. The summed E-state index contributed by atoms with van der Waals surface area (Å²) in [5, 5.41) is 22.7. The number of benzene rings is 1. The second-order valence-corrected chi connectivity index (χ2v) is 12.1. The minimum Gasteiger partial charge on any atom is -0.404 e. The number of hydrogen-bond acceptors (Lipinski definition) is 5. The van der Waals surface area contributed by atoms with Crippen molar-refractivity contribution < 1.29 is 19.4 Å². The molecule has 7 heteroatoms. The summed E-state index contributed by atoms with van der Waals surface area (Å²) in [5.41, 5.74) is 7.14. The summed E-state index contributed by atoms with van der Waals surface area (Å²) in [4.78, 5) is 17.3. The molecule has 0 aliphatic heterocycles. The van der Waals surface area contributed by atoms with Crippen molar-refractivity contribution >= 4 is 29.1 Å². The lowest BCUT2D eigenvalue weighted by molar-refractivity contribution is -0.177. The Morgan fingerprint density at radius 2 is 1.97 bits per heavy atom. The number of nitrogens with zero attached hydrogens (tertiary/aromatic N) is 1. The van der Waals surface area contributed by atoms with Crippen LogP contribution in [0.25, 0.3) is 0 Å². The van der Waals surface area contributed by atoms with E-state index in [1.165, 1.54) is 17.7 Å². The maximum absolute atomic E-state index is 13.4. The summed E-state index contributed by atoms with van der Waals surface area (Å²) in [5.74, 6) is -0.206. The Kier molecular flexibility index (Phi) is 5.85. The molecule has 8 atom stereocenters. The van der Waals surface area contributed by atoms with Crippen LogP contribution in [0.1, 0.15) is 52.9 Å². The Labute approximate surface area is 211 Å². The maximum Gasteiger partial charge on any atom is 0.218 e. The molecule has 5 rings (SSSR count). The minimum atomic E-state index is -1.53. The fourth-order valence-corrected chi connectivity index (χ4v) is 8.85. The molecule has 3 fully saturated rings. The Morgan fingerprint density at radius 1 is 1.29 bits per heavy atom. The number of nitrogens with two attached hydrogens (primary N) is 1. The summed E-state index contributed by atoms with van der Waals surface area (Å²) in [6, 6.07) is 6.09. The van der Waals surface area contributed by atoms with Crippen molar-refractivity contribution in [3.05, 3.63) is 53.5 Å². The van der Waals surface area contributed by atoms with Gasteiger partial charge in [0.15, 0.2) is 0 Å². The Bertz CT molecular complexity index is 1150. The highest BCUT2D eigenvalue weighted by molar-refractivity contribution is 7.96. The van der Waals surface area contributed by atoms with Crippen LogP contribution in [-0.4, -0.2) is 32.7 Å². The lowest BCUT2D eigenvalue weighted by Crippen LogP contribution is -2.62. The lowest BCUT2D eigenvalue weighted by Gasteiger charge is -2.60. The van der Waals surface area contributed by atoms with Crippen molar-refractivity contribution in [1.82, 2.24) is 0 Å². The van der Waals surface area contributed by atoms with Gasteiger partial charge in [-0.3, -0.25) is 4.79 Å². The number of aliphatic imine (C=N–C) groups is 1. The van der Waals surface area contributed by atoms with Crippen LogP contribution in [0.2, 0.25) is 0 Å². The summed E-state index contributed by atoms with van der Waals surface area (Å²) in [6.45, 7) is 6.12. The number of hydrogen-bond donors (Lipinski definition) is 4. The van der Waals surface area contributed by atoms with Crippen LogP contribution in [-0.2, 0) is 4.79 Å². The predicted molar refractivity (Wildman–Crippen MR) is 138 cm³/mol. The van der Waals surface area contributed by atoms with Crippen molar-refractivity contribution in [2.45, 2.75) is 64.6 Å². The second-order valence-electron chi connectivity index (χ2n) is 11.7. The van der Waals surface area contributed by atoms with E-state index in [0.717, 1.165) is 30.5 Å². The van der Waals surface area contributed by atoms with Gasteiger partial charge in [-0.1, -0.05) is 26.3 Å². The van der Waals surface area contributed by atoms with E-state index in [-0.39, 0.29) is 34.9 Å². The van der Waals surface area contributed by atoms with E-state index in [2.05, 4.69) is 25.6 Å². The minimum absolute atomic E-state index is 0.00698. The molecule has 0 heterocycles. The first-order valence-corrected chi connectivity index (χ1v) is 13.0. The molecule has 0 amide bonds. The molecule has 35 heavy (non-hydrogen) atoms. The third-order valence-electron chi connectivity index (χ3n) is 10.1. The number of thiol groups is 1. The van der Waals surface area contributed by atoms with E-state index in [4.69, 9.17) is 10.7 Å². The molecule has 1 aromatic rings. The van der Waals surface area contributed by atoms with Crippen LogP contribution in [0.4, 0.5) is 10.1 Å². The highest BCUT2D eigenvalue weighted by Crippen LogP contribution is 2.69. The van der Waals surface area contributed by atoms with Gasteiger partial charge in [0.1, 0.15) is 11.4 Å². The van der Waals surface area contributed by atoms with Gasteiger partial charge in [-0.25, -0.2) is 9.38 Å². The smallest absolute Gasteiger partial charge is 0.218 e. The van der Waals surface area contributed by atoms with E-state index < -0.39 is 22.2 Å². The first-order valence-electron chi connectivity index (χ1n) is 12.6. The predicted octanol–water partition coefficient (Wildman–Crippen LogP) is 4.72. The SMILES string of the molecule is C[C@@H]1CC2[C@@H]3CCC4=CC(=Nc5ccc(F)cc5)C(=CN)C[C@]4(C)C3C(O)C[C@]2(C)[C@@]1(O)C(=O)S. The Balaban J connectivity index is 1.54. The van der Waals surface area contributed by atoms with Crippen LogP contribution in [0.3, 0.4) is 0 Å². The number of carbonyl (C=O) groups excluding carboxylic acids is 1. The summed E-state index contributed by atoms with van der Waals surface area (Å²) >= 11 is 4.09. The van der Waals surface area contributed by atoms with Crippen LogP contribution in [0.15, 0.2) is 52.7 Å². The van der Waals surface area contributed by atoms with Crippen LogP contribution < -0.4 is 5.73 Å². The van der Waals surface area contributed by atoms with E-state index in [1.807, 2.05) is 13.8 Å². The van der Waals surface area contributed by atoms with Crippen LogP contribution >= 0.6 is 12.6 Å². The molecular formula is C28H35FN2O3S. The first kappa shape index (κ1) is 24.7. The van der Waals surface area contributed by atoms with Crippen LogP contribution in [0.5, 0.6) is 0 Å². The zero-order valence-corrected chi connectivity index (χ0v) is 21.4. The largest absolute Gasteiger partial charge is 0.404 e. The lowest BCUT2D eigenvalue weighted by atomic mass is 9.45. The fraction of sp³-hybridized carbons (Fsp3) is 0.571. The average molecular weight is 499 g/mol. The average Bonchev–Trinajstić information content (AvgIpc) is 3.01. The van der Waals surface area contributed by atoms with E-state index in [1.54, 1.807) is 18.3 Å². The van der Waals surface area contributed by atoms with Crippen molar-refractivity contribution in [2.75, 3.05) is 0 Å². The van der Waals surface area contributed by atoms with Gasteiger partial charge < -0.3 is 15.9 Å². The third kappa shape index (κ3) is 3.41. The second kappa shape index (κ2) is 8.29. The number of fused-ring (bicyclic) bond motifs is 5. The zero-order chi connectivity index (χ0) is 25.3. The summed E-state index contributed by atoms with van der Waals surface area (Å²) in [6.07, 6.45) is 6.56. The first-order chi connectivity index (χ1) is 16.5. The summed E-state index contributed by atoms with van der Waals surface area (Å²) in [7, 11) is 0. The molecule has 0 saturated heterocycles. The molecule has 0 spiro atoms. The quantitative estimate of drug-likeness (QED) is 0.444. The van der Waals surface area contributed by atoms with Gasteiger partial charge in [0.2, 0.25) is 5.12 Å². The van der Waals surface area contributed by atoms with Crippen molar-refractivity contribution in [3.63, 3.8) is 0 Å². The molecule has 4 aliphatic carbocycles. The van der Waals surface area contributed by atoms with Crippen molar-refractivity contribution in [3.8, 4) is 0 Å². The standard InChI is InChI=1S/C28H35FN2O3S/c1-15-10-21-20-9-4-17-11-22(31-19-7-5-18(29)6-8-19)16(14-30)12-26(17,2)24(20)23(32)13-27(21,3)28(15,34)25(33)35/h5-8,11,14-15,20-21,23-24,32,34H,4,9-10,12-13,30H2,1-3H3,(H,33,35)/t15-,20+,21?,23?,24?,26+,27+,28+/m1/s1. The molecule has 0 aromatic heterocycles. The fourth-order valence-electron chi connectivity index (χ4n) is 8.38. The van der Waals surface area contributed by atoms with Gasteiger partial charge in [0.05, 0.1) is 17.5 Å². The van der Waals surface area contributed by atoms with E-state index in [0.29, 0.717) is 18.5 Å². The highest BCUT2D eigenvalue weighted by atomic mass is 32.1. The Hall–Kier alpha value is -1.96. The van der Waals surface area contributed by atoms with Gasteiger partial charge in [-0.15, -0.1) is 12.6 Å². The molecule has 1 aromatic carbocycles. The van der Waals surface area contributed by atoms with Gasteiger partial charge in [-0.2, -0.15) is 0 Å². The zero-order valence-electron chi connectivity index (χ0n) is 20.5. The van der Waals surface area contributed by atoms with Crippen molar-refractivity contribution in [1.29, 1.82) is 0 Å². The highest BCUT2D eigenvalue weighted by Gasteiger charge is 2.70. The molecular weight excluding hydrogens is 463 g/mol. The number of aliphatic hydroxyl groups excluding tert-OH is 1. The molecule has 3 saturated carbocycles. The number of allylic oxidation sites excluding steroid dienone is 3. The summed E-state index contributed by atoms with van der Waals surface area (Å²) < 4.78 is 13.4. The van der Waals surface area contributed by atoms with Gasteiger partial charge in [0, 0.05) is 5.41 Å². The van der Waals surface area contributed by atoms with Gasteiger partial charge in [0.25, 0.3) is 0 Å². The number of carbonyl (C=O) groups is 1. The molecule has 4 aliphatic rings. The van der Waals surface area contributed by atoms with Gasteiger partial charge >= 0.3 is 0 Å². The van der Waals surface area contributed by atoms with Crippen molar-refractivity contribution in [2.24, 2.45) is 45.2 Å². The molecule has 0 radical (unpaired) electrons. The molecule has 0 bridgehead atoms. The third-order valence-corrected chi connectivity index (χ3v) is 10.4. The maximum atomic E-state index is 13.4. The number of halogens is 1. The monoisotopic (exact) mass is 498 g/mol. The molecule has 5 nitrogen and oxygen atoms in total. The van der Waals surface area contributed by atoms with Gasteiger partial charge in [-0.05, 0) is 103 Å². The molecule has 188 valence electrons. The number of rotatable bonds is 2. The Morgan fingerprint density at radius 3 is 2.60 bits per heavy atom. The van der Waals surface area contributed by atoms with Crippen LogP contribution in [0, 0.1) is 40.3 Å². The normalized spacial score (nSPS) is 45.0. The molecule has 4 N–H and O–H groups in total. The van der Waals surface area contributed by atoms with E-state index in [9.17, 15) is 19.4 Å². The van der Waals surface area contributed by atoms with E-state index >= 15 is 0 Å². The topological polar surface area (TPSA) is 95.9 Å².